The normalized spacial score (nSPS) is 18.7. The maximum Gasteiger partial charge on any atom is 0.325 e. The molecule has 149 heavy (non-hydrogen) atoms. The van der Waals surface area contributed by atoms with Crippen LogP contribution in [0.5, 0.6) is 0 Å². The molecule has 20 rings (SSSR count). The van der Waals surface area contributed by atoms with Gasteiger partial charge in [0.05, 0.1) is 29.7 Å². The first kappa shape index (κ1) is 108. The Labute approximate surface area is 885 Å². The third-order valence-electron chi connectivity index (χ3n) is 28.6. The van der Waals surface area contributed by atoms with Crippen LogP contribution in [0.25, 0.3) is 0 Å². The second-order valence-corrected chi connectivity index (χ2v) is 45.7. The average molecular weight is 2130 g/mol. The topological polar surface area (TPSA) is 486 Å². The lowest BCUT2D eigenvalue weighted by Crippen LogP contribution is -2.54. The number of hydrogen-bond acceptors (Lipinski definition) is 32. The van der Waals surface area contributed by atoms with E-state index in [1.54, 1.807) is 31.0 Å². The zero-order valence-corrected chi connectivity index (χ0v) is 90.2. The number of imide groups is 2. The second-order valence-electron chi connectivity index (χ2n) is 40.1. The molecule has 10 aliphatic heterocycles. The number of pyridine rings is 5. The lowest BCUT2D eigenvalue weighted by Gasteiger charge is -2.38. The molecule has 0 saturated carbocycles. The second kappa shape index (κ2) is 47.7. The summed E-state index contributed by atoms with van der Waals surface area (Å²) in [6, 6.07) is 18.9. The van der Waals surface area contributed by atoms with Crippen molar-refractivity contribution in [2.45, 2.75) is 240 Å². The highest BCUT2D eigenvalue weighted by atomic mass is 32.1. The number of anilines is 5. The van der Waals surface area contributed by atoms with Crippen molar-refractivity contribution in [2.24, 2.45) is 0 Å². The van der Waals surface area contributed by atoms with E-state index in [9.17, 15) is 57.5 Å². The summed E-state index contributed by atoms with van der Waals surface area (Å²) in [4.78, 5) is 214. The molecule has 10 aliphatic rings. The Kier molecular flexibility index (Phi) is 34.7. The third-order valence-corrected chi connectivity index (χ3v) is 33.1. The number of carbonyl (C=O) groups is 12. The number of rotatable bonds is 25. The van der Waals surface area contributed by atoms with E-state index in [1.165, 1.54) is 101 Å². The van der Waals surface area contributed by atoms with E-state index in [0.717, 1.165) is 209 Å². The molecule has 0 unspecified atom stereocenters. The SMILES string of the molecule is CC(=O)Nc1ncc(CN2CCC3(CC2)CN(Cc2ccc(C)nc2C)C(=O)N3)s1.CC(=O)Nc1ncc(CN2CCC3(CC2)CN(Cc2cccnc2C)C(=O)N3)s1.CC(=O)Nc1ncc(CN2CCC3(CC2)CN(Cc2cccnc2C)C(=O)N3)s1.CC(=O)Nc1ncc(CN2CCC3(CC2)NC(=O)N(Cc2ccc(C)nc2C)C3=O)s1.CC(=O)Nc1ncc(CN2CCC3(CC2)NC(=O)N(Cc2cccnc2C)C3=O)s1. The first-order valence-electron chi connectivity index (χ1n) is 50.1. The number of nitrogens with zero attached hydrogens (tertiary/aromatic N) is 20. The Morgan fingerprint density at radius 1 is 0.289 bits per heavy atom. The minimum absolute atomic E-state index is 0.0177. The van der Waals surface area contributed by atoms with E-state index in [4.69, 9.17) is 0 Å². The van der Waals surface area contributed by atoms with Crippen molar-refractivity contribution in [2.75, 3.05) is 112 Å². The Morgan fingerprint density at radius 2 is 0.523 bits per heavy atom. The fraction of sp³-hybridized carbons (Fsp3) is 0.490. The summed E-state index contributed by atoms with van der Waals surface area (Å²) in [5, 5.41) is 32.4. The molecule has 10 saturated heterocycles. The van der Waals surface area contributed by atoms with Gasteiger partial charge in [-0.3, -0.25) is 92.8 Å². The molecule has 0 aliphatic carbocycles. The van der Waals surface area contributed by atoms with Gasteiger partial charge in [-0.15, -0.1) is 56.7 Å². The number of thiazole rings is 5. The van der Waals surface area contributed by atoms with Gasteiger partial charge in [0, 0.05) is 286 Å². The third kappa shape index (κ3) is 28.1. The zero-order valence-electron chi connectivity index (χ0n) is 86.1. The maximum atomic E-state index is 13.2. The zero-order chi connectivity index (χ0) is 106. The Morgan fingerprint density at radius 3 is 0.765 bits per heavy atom. The molecule has 17 amide bonds. The number of amides is 17. The largest absolute Gasteiger partial charge is 0.331 e. The van der Waals surface area contributed by atoms with Crippen molar-refractivity contribution < 1.29 is 57.5 Å². The minimum atomic E-state index is -0.825. The number of likely N-dealkylation sites (tertiary alicyclic amines) is 5. The number of aryl methyl sites for hydroxylation is 7. The molecule has 10 aromatic rings. The number of aromatic nitrogens is 10. The highest BCUT2D eigenvalue weighted by Crippen LogP contribution is 2.39. The van der Waals surface area contributed by atoms with Gasteiger partial charge in [0.15, 0.2) is 25.7 Å². The van der Waals surface area contributed by atoms with E-state index >= 15 is 0 Å². The van der Waals surface area contributed by atoms with Crippen LogP contribution in [0, 0.1) is 48.5 Å². The molecule has 10 fully saturated rings. The fourth-order valence-electron chi connectivity index (χ4n) is 20.3. The molecular formula is C102H130N30O12S5. The Balaban J connectivity index is 0.000000133. The summed E-state index contributed by atoms with van der Waals surface area (Å²) in [6.07, 6.45) is 22.1. The van der Waals surface area contributed by atoms with Gasteiger partial charge in [0.25, 0.3) is 11.8 Å². The Hall–Kier alpha value is -13.3. The summed E-state index contributed by atoms with van der Waals surface area (Å²) in [5.41, 5.74) is 9.46. The van der Waals surface area contributed by atoms with Crippen molar-refractivity contribution in [3.8, 4) is 0 Å². The van der Waals surface area contributed by atoms with Crippen LogP contribution in [-0.2, 0) is 99.0 Å². The monoisotopic (exact) mass is 2130 g/mol. The number of piperidine rings is 5. The van der Waals surface area contributed by atoms with E-state index < -0.39 is 11.1 Å². The molecule has 0 radical (unpaired) electrons. The van der Waals surface area contributed by atoms with Gasteiger partial charge in [-0.25, -0.2) is 48.9 Å². The van der Waals surface area contributed by atoms with Crippen LogP contribution in [0.1, 0.15) is 191 Å². The van der Waals surface area contributed by atoms with E-state index in [1.807, 2.05) is 136 Å². The van der Waals surface area contributed by atoms with Gasteiger partial charge in [0.1, 0.15) is 11.1 Å². The Bertz CT molecular complexity index is 6410. The van der Waals surface area contributed by atoms with Crippen molar-refractivity contribution >= 4 is 154 Å². The van der Waals surface area contributed by atoms with Crippen molar-refractivity contribution in [3.63, 3.8) is 0 Å². The highest BCUT2D eigenvalue weighted by molar-refractivity contribution is 7.17. The van der Waals surface area contributed by atoms with Crippen LogP contribution >= 0.6 is 56.7 Å². The molecule has 0 aromatic carbocycles. The molecule has 10 aromatic heterocycles. The first-order valence-corrected chi connectivity index (χ1v) is 54.2. The summed E-state index contributed by atoms with van der Waals surface area (Å²) in [5.74, 6) is -0.893. The van der Waals surface area contributed by atoms with E-state index in [2.05, 4.69) is 134 Å². The van der Waals surface area contributed by atoms with Gasteiger partial charge in [-0.05, 0) is 171 Å². The lowest BCUT2D eigenvalue weighted by molar-refractivity contribution is -0.134. The molecule has 5 spiro atoms. The van der Waals surface area contributed by atoms with Crippen LogP contribution in [0.2, 0.25) is 0 Å². The van der Waals surface area contributed by atoms with Crippen LogP contribution in [0.3, 0.4) is 0 Å². The number of carbonyl (C=O) groups excluding carboxylic acids is 12. The summed E-state index contributed by atoms with van der Waals surface area (Å²) >= 11 is 7.44. The molecule has 20 heterocycles. The summed E-state index contributed by atoms with van der Waals surface area (Å²) < 4.78 is 0. The molecule has 790 valence electrons. The van der Waals surface area contributed by atoms with Gasteiger partial charge in [-0.2, -0.15) is 0 Å². The van der Waals surface area contributed by atoms with Crippen molar-refractivity contribution in [3.05, 3.63) is 202 Å². The molecule has 47 heteroatoms. The van der Waals surface area contributed by atoms with E-state index in [-0.39, 0.29) is 101 Å². The number of nitrogens with one attached hydrogen (secondary N) is 10. The maximum absolute atomic E-state index is 13.2. The summed E-state index contributed by atoms with van der Waals surface area (Å²) in [6.45, 7) is 37.7. The average Bonchev–Trinajstić information content (AvgIpc) is 1.61. The quantitative estimate of drug-likeness (QED) is 0.0238. The first-order chi connectivity index (χ1) is 71.3. The van der Waals surface area contributed by atoms with Crippen molar-refractivity contribution in [1.29, 1.82) is 0 Å². The minimum Gasteiger partial charge on any atom is -0.331 e. The molecule has 0 atom stereocenters. The number of urea groups is 5. The van der Waals surface area contributed by atoms with Gasteiger partial charge in [0.2, 0.25) is 29.5 Å². The van der Waals surface area contributed by atoms with Crippen molar-refractivity contribution in [1.82, 2.24) is 125 Å². The molecule has 10 N–H and O–H groups in total. The van der Waals surface area contributed by atoms with Gasteiger partial charge < -0.3 is 67.9 Å². The van der Waals surface area contributed by atoms with Crippen LogP contribution in [0.4, 0.5) is 49.6 Å². The predicted octanol–water partition coefficient (Wildman–Crippen LogP) is 11.5. The van der Waals surface area contributed by atoms with Gasteiger partial charge in [-0.1, -0.05) is 30.3 Å². The lowest BCUT2D eigenvalue weighted by atomic mass is 9.87. The van der Waals surface area contributed by atoms with E-state index in [0.29, 0.717) is 110 Å². The number of hydrogen-bond donors (Lipinski definition) is 10. The predicted molar refractivity (Wildman–Crippen MR) is 568 cm³/mol. The fourth-order valence-corrected chi connectivity index (χ4v) is 24.8. The molecule has 0 bridgehead atoms. The smallest absolute Gasteiger partial charge is 0.325 e. The molecular weight excluding hydrogens is 2000 g/mol. The molecule has 42 nitrogen and oxygen atoms in total. The van der Waals surface area contributed by atoms with Crippen LogP contribution < -0.4 is 53.2 Å². The van der Waals surface area contributed by atoms with Crippen LogP contribution in [0.15, 0.2) is 110 Å². The van der Waals surface area contributed by atoms with Crippen LogP contribution in [-0.4, -0.2) is 283 Å². The highest BCUT2D eigenvalue weighted by Gasteiger charge is 2.55. The summed E-state index contributed by atoms with van der Waals surface area (Å²) in [7, 11) is 0. The standard InChI is InChI=1S/C21H26N6O3S.C21H28N6O2S.C20H24N6O3S.2C20H26N6O2S/c1-13-4-5-16(14(2)23-13)11-27-18(29)21(25-20(27)30)6-8-26(9-7-21)12-17-10-22-19(31-17)24-15(3)28;1-14-4-5-17(15(2)23-14)11-27-13-21(25-20(27)29)6-8-26(9-7-21)12-18-10-22-19(30-18)24-16(3)28;1-13-15(4-3-7-21-13)11-26-17(28)20(24-19(26)29)5-8-25(9-6-20)12-16-10-22-18(30-16)23-14(2)27;2*1-14-16(4-3-7-21-14)11-26-13-20(24-19(26)28)5-8-25(9-6-20)12-17-10-22-18(29-17)23-15(2)27/h4-5,10H,6-9,11-12H2,1-3H3,(H,25,30)(H,22,24,28);4-5,10H,6-9,11-13H2,1-3H3,(H,25,29)(H,22,24,28);3-4,7,10H,5-6,8-9,11-12H2,1-2H3,(H,24,29)(H,22,23,27);2*3-4,7,10H,5-6,8-9,11-13H2,1-2H3,(H,24,28)(H,22,23,27). The van der Waals surface area contributed by atoms with Gasteiger partial charge >= 0.3 is 30.2 Å².